The van der Waals surface area contributed by atoms with Gasteiger partial charge in [-0.3, -0.25) is 9.59 Å². The number of aliphatic hydroxyl groups excluding tert-OH is 1. The molecule has 0 saturated carbocycles. The Hall–Kier alpha value is -2.50. The number of carbonyl (C=O) groups is 3. The van der Waals surface area contributed by atoms with Crippen LogP contribution in [-0.4, -0.2) is 81.2 Å². The predicted octanol–water partition coefficient (Wildman–Crippen LogP) is -0.316. The highest BCUT2D eigenvalue weighted by Crippen LogP contribution is 2.32. The van der Waals surface area contributed by atoms with E-state index in [0.717, 1.165) is 4.90 Å². The molecule has 1 heterocycles. The Labute approximate surface area is 185 Å². The molecule has 1 aliphatic rings. The molecule has 4 N–H and O–H groups in total. The molecule has 10 nitrogen and oxygen atoms in total. The lowest BCUT2D eigenvalue weighted by Crippen LogP contribution is -2.65. The zero-order chi connectivity index (χ0) is 22.9. The van der Waals surface area contributed by atoms with Gasteiger partial charge in [-0.15, -0.1) is 11.8 Å². The number of nitrogens with one attached hydrogen (secondary N) is 3. The van der Waals surface area contributed by atoms with E-state index in [0.29, 0.717) is 37.4 Å². The Morgan fingerprint density at radius 2 is 1.84 bits per heavy atom. The first kappa shape index (κ1) is 24.8. The molecule has 1 saturated heterocycles. The molecular formula is C20H29N3O7S. The fourth-order valence-electron chi connectivity index (χ4n) is 3.24. The number of thioether (sulfide) groups is 1. The maximum Gasteiger partial charge on any atom is 0.330 e. The van der Waals surface area contributed by atoms with E-state index < -0.39 is 30.1 Å². The molecule has 1 aliphatic heterocycles. The van der Waals surface area contributed by atoms with Crippen LogP contribution in [0.25, 0.3) is 0 Å². The number of benzene rings is 1. The van der Waals surface area contributed by atoms with Crippen LogP contribution in [0.5, 0.6) is 11.5 Å². The summed E-state index contributed by atoms with van der Waals surface area (Å²) in [7, 11) is 4.25. The monoisotopic (exact) mass is 455 g/mol. The van der Waals surface area contributed by atoms with Gasteiger partial charge in [0, 0.05) is 4.90 Å². The van der Waals surface area contributed by atoms with Gasteiger partial charge in [0.1, 0.15) is 5.54 Å². The summed E-state index contributed by atoms with van der Waals surface area (Å²) in [5.41, 5.74) is -1.18. The van der Waals surface area contributed by atoms with E-state index in [9.17, 15) is 19.5 Å². The van der Waals surface area contributed by atoms with E-state index in [4.69, 9.17) is 9.47 Å². The van der Waals surface area contributed by atoms with Crippen molar-refractivity contribution in [2.45, 2.75) is 29.3 Å². The smallest absolute Gasteiger partial charge is 0.330 e. The Morgan fingerprint density at radius 3 is 2.42 bits per heavy atom. The van der Waals surface area contributed by atoms with Gasteiger partial charge in [0.15, 0.2) is 17.5 Å². The second kappa shape index (κ2) is 11.8. The van der Waals surface area contributed by atoms with Crippen molar-refractivity contribution in [3.05, 3.63) is 18.2 Å². The van der Waals surface area contributed by atoms with Crippen molar-refractivity contribution in [3.63, 3.8) is 0 Å². The number of piperidine rings is 1. The highest BCUT2D eigenvalue weighted by molar-refractivity contribution is 8.00. The predicted molar refractivity (Wildman–Crippen MR) is 114 cm³/mol. The molecule has 31 heavy (non-hydrogen) atoms. The lowest BCUT2D eigenvalue weighted by molar-refractivity contribution is -0.147. The van der Waals surface area contributed by atoms with Gasteiger partial charge in [-0.2, -0.15) is 0 Å². The van der Waals surface area contributed by atoms with Crippen LogP contribution in [0, 0.1) is 0 Å². The quantitative estimate of drug-likeness (QED) is 0.277. The Kier molecular flexibility index (Phi) is 9.41. The summed E-state index contributed by atoms with van der Waals surface area (Å²) in [6.45, 7) is 0.451. The first-order valence-corrected chi connectivity index (χ1v) is 10.7. The van der Waals surface area contributed by atoms with Crippen LogP contribution in [0.4, 0.5) is 0 Å². The highest BCUT2D eigenvalue weighted by atomic mass is 32.2. The average Bonchev–Trinajstić information content (AvgIpc) is 2.80. The number of methoxy groups -OCH3 is 3. The normalized spacial score (nSPS) is 16.0. The second-order valence-corrected chi connectivity index (χ2v) is 7.97. The number of hydrogen-bond donors (Lipinski definition) is 4. The molecule has 1 atom stereocenters. The minimum absolute atomic E-state index is 0.0817. The molecule has 0 aromatic heterocycles. The minimum atomic E-state index is -1.19. The SMILES string of the molecule is COC(=O)C(CO)NC(=O)C1(NC(=O)CSc2ccc(OC)c(OC)c2)CCNCC1. The molecule has 2 rings (SSSR count). The number of amides is 2. The van der Waals surface area contributed by atoms with Crippen molar-refractivity contribution in [2.75, 3.05) is 46.8 Å². The van der Waals surface area contributed by atoms with Crippen molar-refractivity contribution in [1.29, 1.82) is 0 Å². The van der Waals surface area contributed by atoms with Crippen molar-refractivity contribution in [3.8, 4) is 11.5 Å². The third-order valence-corrected chi connectivity index (χ3v) is 5.96. The summed E-state index contributed by atoms with van der Waals surface area (Å²) >= 11 is 1.29. The maximum absolute atomic E-state index is 13.0. The zero-order valence-electron chi connectivity index (χ0n) is 17.9. The van der Waals surface area contributed by atoms with Gasteiger partial charge in [0.05, 0.1) is 33.7 Å². The maximum atomic E-state index is 13.0. The molecule has 11 heteroatoms. The molecule has 2 amide bonds. The zero-order valence-corrected chi connectivity index (χ0v) is 18.7. The summed E-state index contributed by atoms with van der Waals surface area (Å²) in [5, 5.41) is 17.9. The van der Waals surface area contributed by atoms with E-state index in [1.165, 1.54) is 26.0 Å². The van der Waals surface area contributed by atoms with Crippen LogP contribution in [0.1, 0.15) is 12.8 Å². The van der Waals surface area contributed by atoms with Crippen LogP contribution in [0.3, 0.4) is 0 Å². The number of hydrogen-bond acceptors (Lipinski definition) is 9. The van der Waals surface area contributed by atoms with Crippen LogP contribution < -0.4 is 25.4 Å². The Balaban J connectivity index is 2.05. The summed E-state index contributed by atoms with van der Waals surface area (Å²) < 4.78 is 15.1. The number of rotatable bonds is 10. The molecule has 1 aromatic carbocycles. The van der Waals surface area contributed by atoms with Gasteiger partial charge in [-0.25, -0.2) is 4.79 Å². The first-order chi connectivity index (χ1) is 14.9. The van der Waals surface area contributed by atoms with Gasteiger partial charge in [-0.1, -0.05) is 0 Å². The van der Waals surface area contributed by atoms with Gasteiger partial charge in [0.2, 0.25) is 11.8 Å². The topological polar surface area (TPSA) is 135 Å². The fraction of sp³-hybridized carbons (Fsp3) is 0.550. The standard InChI is InChI=1S/C20H29N3O7S/c1-28-15-5-4-13(10-16(15)29-2)31-12-17(25)23-20(6-8-21-9-7-20)19(27)22-14(11-24)18(26)30-3/h4-5,10,14,21,24H,6-9,11-12H2,1-3H3,(H,22,27)(H,23,25). The minimum Gasteiger partial charge on any atom is -0.493 e. The Morgan fingerprint density at radius 1 is 1.16 bits per heavy atom. The van der Waals surface area contributed by atoms with Crippen molar-refractivity contribution >= 4 is 29.5 Å². The lowest BCUT2D eigenvalue weighted by Gasteiger charge is -2.37. The van der Waals surface area contributed by atoms with Crippen LogP contribution in [0.2, 0.25) is 0 Å². The molecule has 0 spiro atoms. The largest absolute Gasteiger partial charge is 0.493 e. The fourth-order valence-corrected chi connectivity index (χ4v) is 3.96. The summed E-state index contributed by atoms with van der Waals surface area (Å²) in [4.78, 5) is 38.2. The van der Waals surface area contributed by atoms with Gasteiger partial charge in [0.25, 0.3) is 0 Å². The van der Waals surface area contributed by atoms with Crippen LogP contribution in [0.15, 0.2) is 23.1 Å². The summed E-state index contributed by atoms with van der Waals surface area (Å²) in [6.07, 6.45) is 0.704. The molecule has 1 unspecified atom stereocenters. The van der Waals surface area contributed by atoms with E-state index >= 15 is 0 Å². The highest BCUT2D eigenvalue weighted by Gasteiger charge is 2.42. The number of aliphatic hydroxyl groups is 1. The molecule has 0 radical (unpaired) electrons. The molecular weight excluding hydrogens is 426 g/mol. The lowest BCUT2D eigenvalue weighted by atomic mass is 9.87. The number of carbonyl (C=O) groups excluding carboxylic acids is 3. The summed E-state index contributed by atoms with van der Waals surface area (Å²) in [6, 6.07) is 4.14. The molecule has 172 valence electrons. The third kappa shape index (κ3) is 6.49. The molecule has 0 bridgehead atoms. The number of esters is 1. The second-order valence-electron chi connectivity index (χ2n) is 6.92. The Bertz CT molecular complexity index is 784. The van der Waals surface area contributed by atoms with Crippen LogP contribution in [-0.2, 0) is 19.1 Å². The van der Waals surface area contributed by atoms with Crippen LogP contribution >= 0.6 is 11.8 Å². The van der Waals surface area contributed by atoms with E-state index in [-0.39, 0.29) is 11.7 Å². The van der Waals surface area contributed by atoms with E-state index in [2.05, 4.69) is 20.7 Å². The van der Waals surface area contributed by atoms with Gasteiger partial charge >= 0.3 is 5.97 Å². The van der Waals surface area contributed by atoms with Crippen molar-refractivity contribution in [2.24, 2.45) is 0 Å². The average molecular weight is 456 g/mol. The van der Waals surface area contributed by atoms with Crippen molar-refractivity contribution in [1.82, 2.24) is 16.0 Å². The summed E-state index contributed by atoms with van der Waals surface area (Å²) in [5.74, 6) is -0.377. The van der Waals surface area contributed by atoms with Gasteiger partial charge < -0.3 is 35.3 Å². The van der Waals surface area contributed by atoms with Crippen molar-refractivity contribution < 1.29 is 33.7 Å². The van der Waals surface area contributed by atoms with E-state index in [1.54, 1.807) is 19.2 Å². The molecule has 0 aliphatic carbocycles. The van der Waals surface area contributed by atoms with E-state index in [1.807, 2.05) is 6.07 Å². The third-order valence-electron chi connectivity index (χ3n) is 4.97. The molecule has 1 aromatic rings. The number of ether oxygens (including phenoxy) is 3. The first-order valence-electron chi connectivity index (χ1n) is 9.75. The van der Waals surface area contributed by atoms with Gasteiger partial charge in [-0.05, 0) is 44.1 Å². The molecule has 1 fully saturated rings.